The Balaban J connectivity index is 2.67. The topological polar surface area (TPSA) is 74.2 Å². The highest BCUT2D eigenvalue weighted by molar-refractivity contribution is 5.01. The molecular weight excluding hydrogens is 194 g/mol. The molecule has 0 saturated carbocycles. The van der Waals surface area contributed by atoms with Crippen molar-refractivity contribution in [2.24, 2.45) is 5.73 Å². The molecule has 0 aromatic carbocycles. The van der Waals surface area contributed by atoms with E-state index in [4.69, 9.17) is 15.0 Å². The van der Waals surface area contributed by atoms with Gasteiger partial charge in [-0.25, -0.2) is 0 Å². The fraction of sp³-hybridized carbons (Fsp3) is 0.800. The molecule has 15 heavy (non-hydrogen) atoms. The van der Waals surface area contributed by atoms with Gasteiger partial charge in [0.05, 0.1) is 6.61 Å². The number of nitrogens with two attached hydrogens (primary N) is 1. The van der Waals surface area contributed by atoms with Crippen molar-refractivity contribution in [3.8, 4) is 0 Å². The van der Waals surface area contributed by atoms with Crippen LogP contribution in [-0.4, -0.2) is 23.4 Å². The number of aryl methyl sites for hydroxylation is 1. The Morgan fingerprint density at radius 1 is 1.47 bits per heavy atom. The van der Waals surface area contributed by atoms with Gasteiger partial charge in [-0.1, -0.05) is 12.1 Å². The Labute approximate surface area is 90.0 Å². The lowest BCUT2D eigenvalue weighted by molar-refractivity contribution is 0.0962. The standard InChI is InChI=1S/C10H19N3O2/c1-4-6-8-12-9(13-15-8)10(3,11)7-14-5-2/h4-7,11H2,1-3H3. The molecule has 1 aromatic rings. The average molecular weight is 213 g/mol. The summed E-state index contributed by atoms with van der Waals surface area (Å²) in [6, 6.07) is 0. The van der Waals surface area contributed by atoms with E-state index in [1.54, 1.807) is 0 Å². The van der Waals surface area contributed by atoms with Crippen LogP contribution in [0.1, 0.15) is 38.9 Å². The molecule has 5 nitrogen and oxygen atoms in total. The Kier molecular flexibility index (Phi) is 4.23. The molecule has 0 amide bonds. The molecule has 0 saturated heterocycles. The van der Waals surface area contributed by atoms with E-state index >= 15 is 0 Å². The first-order valence-corrected chi connectivity index (χ1v) is 5.29. The highest BCUT2D eigenvalue weighted by Gasteiger charge is 2.27. The predicted octanol–water partition coefficient (Wildman–Crippen LogP) is 1.23. The van der Waals surface area contributed by atoms with E-state index in [-0.39, 0.29) is 0 Å². The van der Waals surface area contributed by atoms with Crippen molar-refractivity contribution in [1.29, 1.82) is 0 Å². The Morgan fingerprint density at radius 3 is 2.80 bits per heavy atom. The molecule has 0 aliphatic heterocycles. The molecule has 2 N–H and O–H groups in total. The molecule has 0 aliphatic rings. The van der Waals surface area contributed by atoms with Gasteiger partial charge < -0.3 is 15.0 Å². The van der Waals surface area contributed by atoms with Gasteiger partial charge in [-0.3, -0.25) is 0 Å². The van der Waals surface area contributed by atoms with Crippen LogP contribution in [0.15, 0.2) is 4.52 Å². The first kappa shape index (κ1) is 12.1. The molecule has 1 rings (SSSR count). The van der Waals surface area contributed by atoms with Gasteiger partial charge in [0, 0.05) is 13.0 Å². The molecule has 0 aliphatic carbocycles. The number of hydrogen-bond acceptors (Lipinski definition) is 5. The molecular formula is C10H19N3O2. The fourth-order valence-corrected chi connectivity index (χ4v) is 1.18. The van der Waals surface area contributed by atoms with Crippen LogP contribution in [0.2, 0.25) is 0 Å². The lowest BCUT2D eigenvalue weighted by Crippen LogP contribution is -2.39. The van der Waals surface area contributed by atoms with Gasteiger partial charge >= 0.3 is 0 Å². The van der Waals surface area contributed by atoms with Crippen LogP contribution in [0, 0.1) is 0 Å². The monoisotopic (exact) mass is 213 g/mol. The van der Waals surface area contributed by atoms with Crippen molar-refractivity contribution in [2.45, 2.75) is 39.2 Å². The van der Waals surface area contributed by atoms with E-state index < -0.39 is 5.54 Å². The minimum absolute atomic E-state index is 0.397. The van der Waals surface area contributed by atoms with Crippen LogP contribution in [-0.2, 0) is 16.7 Å². The SMILES string of the molecule is CCCc1nc(C(C)(N)COCC)no1. The number of ether oxygens (including phenoxy) is 1. The molecule has 5 heteroatoms. The van der Waals surface area contributed by atoms with Crippen molar-refractivity contribution >= 4 is 0 Å². The van der Waals surface area contributed by atoms with Gasteiger partial charge in [0.2, 0.25) is 5.89 Å². The Bertz CT molecular complexity index is 297. The minimum atomic E-state index is -0.675. The second-order valence-electron chi connectivity index (χ2n) is 3.82. The predicted molar refractivity (Wildman–Crippen MR) is 56.3 cm³/mol. The van der Waals surface area contributed by atoms with Gasteiger partial charge in [-0.05, 0) is 20.3 Å². The third kappa shape index (κ3) is 3.28. The Hall–Kier alpha value is -0.940. The minimum Gasteiger partial charge on any atom is -0.379 e. The lowest BCUT2D eigenvalue weighted by atomic mass is 10.1. The first-order valence-electron chi connectivity index (χ1n) is 5.29. The number of rotatable bonds is 6. The number of hydrogen-bond donors (Lipinski definition) is 1. The highest BCUT2D eigenvalue weighted by atomic mass is 16.5. The normalized spacial score (nSPS) is 15.2. The largest absolute Gasteiger partial charge is 0.379 e. The van der Waals surface area contributed by atoms with Crippen molar-refractivity contribution < 1.29 is 9.26 Å². The fourth-order valence-electron chi connectivity index (χ4n) is 1.18. The van der Waals surface area contributed by atoms with Crippen molar-refractivity contribution in [1.82, 2.24) is 10.1 Å². The Morgan fingerprint density at radius 2 is 2.20 bits per heavy atom. The van der Waals surface area contributed by atoms with E-state index in [1.165, 1.54) is 0 Å². The molecule has 0 bridgehead atoms. The number of nitrogens with zero attached hydrogens (tertiary/aromatic N) is 2. The molecule has 0 fully saturated rings. The number of aromatic nitrogens is 2. The van der Waals surface area contributed by atoms with Crippen molar-refractivity contribution in [3.63, 3.8) is 0 Å². The van der Waals surface area contributed by atoms with Crippen LogP contribution < -0.4 is 5.73 Å². The highest BCUT2D eigenvalue weighted by Crippen LogP contribution is 2.15. The summed E-state index contributed by atoms with van der Waals surface area (Å²) in [4.78, 5) is 4.24. The summed E-state index contributed by atoms with van der Waals surface area (Å²) in [6.45, 7) is 6.85. The van der Waals surface area contributed by atoms with Gasteiger partial charge in [-0.15, -0.1) is 0 Å². The summed E-state index contributed by atoms with van der Waals surface area (Å²) >= 11 is 0. The van der Waals surface area contributed by atoms with Gasteiger partial charge in [0.15, 0.2) is 5.82 Å². The summed E-state index contributed by atoms with van der Waals surface area (Å²) in [7, 11) is 0. The quantitative estimate of drug-likeness (QED) is 0.769. The zero-order valence-electron chi connectivity index (χ0n) is 9.62. The molecule has 0 radical (unpaired) electrons. The third-order valence-electron chi connectivity index (χ3n) is 2.05. The average Bonchev–Trinajstić information content (AvgIpc) is 2.65. The summed E-state index contributed by atoms with van der Waals surface area (Å²) in [5, 5.41) is 3.87. The van der Waals surface area contributed by atoms with Crippen LogP contribution in [0.25, 0.3) is 0 Å². The van der Waals surface area contributed by atoms with E-state index in [1.807, 2.05) is 13.8 Å². The zero-order valence-corrected chi connectivity index (χ0v) is 9.62. The van der Waals surface area contributed by atoms with Crippen molar-refractivity contribution in [2.75, 3.05) is 13.2 Å². The van der Waals surface area contributed by atoms with Gasteiger partial charge in [-0.2, -0.15) is 4.98 Å². The summed E-state index contributed by atoms with van der Waals surface area (Å²) in [5.41, 5.74) is 5.35. The van der Waals surface area contributed by atoms with Gasteiger partial charge in [0.25, 0.3) is 0 Å². The third-order valence-corrected chi connectivity index (χ3v) is 2.05. The summed E-state index contributed by atoms with van der Waals surface area (Å²) < 4.78 is 10.3. The molecule has 0 spiro atoms. The second kappa shape index (κ2) is 5.23. The maximum absolute atomic E-state index is 6.02. The van der Waals surface area contributed by atoms with Crippen LogP contribution >= 0.6 is 0 Å². The second-order valence-corrected chi connectivity index (χ2v) is 3.82. The molecule has 1 aromatic heterocycles. The van der Waals surface area contributed by atoms with Gasteiger partial charge in [0.1, 0.15) is 5.54 Å². The summed E-state index contributed by atoms with van der Waals surface area (Å²) in [5.74, 6) is 1.15. The molecule has 1 heterocycles. The molecule has 1 atom stereocenters. The zero-order chi connectivity index (χ0) is 11.3. The maximum Gasteiger partial charge on any atom is 0.226 e. The van der Waals surface area contributed by atoms with Crippen LogP contribution in [0.3, 0.4) is 0 Å². The molecule has 86 valence electrons. The first-order chi connectivity index (χ1) is 7.10. The van der Waals surface area contributed by atoms with Crippen LogP contribution in [0.4, 0.5) is 0 Å². The maximum atomic E-state index is 6.02. The van der Waals surface area contributed by atoms with E-state index in [0.717, 1.165) is 12.8 Å². The van der Waals surface area contributed by atoms with Crippen LogP contribution in [0.5, 0.6) is 0 Å². The summed E-state index contributed by atoms with van der Waals surface area (Å²) in [6.07, 6.45) is 1.77. The smallest absolute Gasteiger partial charge is 0.226 e. The van der Waals surface area contributed by atoms with Crippen molar-refractivity contribution in [3.05, 3.63) is 11.7 Å². The van der Waals surface area contributed by atoms with E-state index in [2.05, 4.69) is 17.1 Å². The van der Waals surface area contributed by atoms with E-state index in [9.17, 15) is 0 Å². The molecule has 1 unspecified atom stereocenters. The lowest BCUT2D eigenvalue weighted by Gasteiger charge is -2.19. The van der Waals surface area contributed by atoms with E-state index in [0.29, 0.717) is 24.9 Å².